The Hall–Kier alpha value is -1.92. The maximum Gasteiger partial charge on any atom is 0.264 e. The summed E-state index contributed by atoms with van der Waals surface area (Å²) in [6, 6.07) is 3.12. The molecule has 1 N–H and O–H groups in total. The van der Waals surface area contributed by atoms with E-state index in [0.29, 0.717) is 20.9 Å². The van der Waals surface area contributed by atoms with Crippen LogP contribution in [0.1, 0.15) is 0 Å². The van der Waals surface area contributed by atoms with Crippen molar-refractivity contribution >= 4 is 46.4 Å². The van der Waals surface area contributed by atoms with Crippen LogP contribution in [0.5, 0.6) is 5.88 Å². The number of benzene rings is 1. The summed E-state index contributed by atoms with van der Waals surface area (Å²) in [5, 5.41) is 3.18. The lowest BCUT2D eigenvalue weighted by Crippen LogP contribution is -2.27. The third-order valence-electron chi connectivity index (χ3n) is 2.18. The number of carbonyl (C=O) groups excluding carboxylic acids is 2. The fourth-order valence-corrected chi connectivity index (χ4v) is 1.97. The molecule has 19 heavy (non-hydrogen) atoms. The number of hydrogen-bond acceptors (Lipinski definition) is 5. The van der Waals surface area contributed by atoms with Gasteiger partial charge in [0.2, 0.25) is 12.3 Å². The van der Waals surface area contributed by atoms with E-state index in [1.54, 1.807) is 12.1 Å². The Bertz CT molecular complexity index is 648. The highest BCUT2D eigenvalue weighted by molar-refractivity contribution is 6.38. The van der Waals surface area contributed by atoms with Crippen molar-refractivity contribution in [3.63, 3.8) is 0 Å². The number of rotatable bonds is 4. The molecule has 6 nitrogen and oxygen atoms in total. The highest BCUT2D eigenvalue weighted by Gasteiger charge is 2.11. The zero-order valence-corrected chi connectivity index (χ0v) is 10.9. The first-order valence-electron chi connectivity index (χ1n) is 5.07. The summed E-state index contributed by atoms with van der Waals surface area (Å²) in [7, 11) is 0. The zero-order valence-electron chi connectivity index (χ0n) is 9.39. The molecule has 98 valence electrons. The number of carbonyl (C=O) groups is 2. The second-order valence-electron chi connectivity index (χ2n) is 3.44. The average molecular weight is 300 g/mol. The van der Waals surface area contributed by atoms with Crippen molar-refractivity contribution in [1.82, 2.24) is 15.3 Å². The molecule has 0 radical (unpaired) electrons. The van der Waals surface area contributed by atoms with Crippen LogP contribution in [0.15, 0.2) is 18.5 Å². The molecule has 2 rings (SSSR count). The molecule has 8 heteroatoms. The largest absolute Gasteiger partial charge is 0.467 e. The van der Waals surface area contributed by atoms with Crippen LogP contribution in [-0.4, -0.2) is 28.9 Å². The molecule has 0 aliphatic carbocycles. The Balaban J connectivity index is 2.33. The van der Waals surface area contributed by atoms with Gasteiger partial charge in [0.15, 0.2) is 6.61 Å². The van der Waals surface area contributed by atoms with E-state index in [-0.39, 0.29) is 18.9 Å². The molecule has 0 aliphatic rings. The average Bonchev–Trinajstić information content (AvgIpc) is 2.36. The van der Waals surface area contributed by atoms with Gasteiger partial charge in [-0.25, -0.2) is 9.97 Å². The number of halogens is 2. The van der Waals surface area contributed by atoms with Crippen LogP contribution in [0.2, 0.25) is 10.0 Å². The Morgan fingerprint density at radius 2 is 2.16 bits per heavy atom. The van der Waals surface area contributed by atoms with Gasteiger partial charge in [0.1, 0.15) is 6.33 Å². The predicted molar refractivity (Wildman–Crippen MR) is 69.3 cm³/mol. The minimum absolute atomic E-state index is 0.162. The molecular weight excluding hydrogens is 293 g/mol. The van der Waals surface area contributed by atoms with Gasteiger partial charge in [0, 0.05) is 5.02 Å². The number of hydrogen-bond donors (Lipinski definition) is 1. The van der Waals surface area contributed by atoms with E-state index in [1.165, 1.54) is 6.33 Å². The van der Waals surface area contributed by atoms with E-state index in [2.05, 4.69) is 9.97 Å². The summed E-state index contributed by atoms with van der Waals surface area (Å²) >= 11 is 11.9. The lowest BCUT2D eigenvalue weighted by Gasteiger charge is -2.07. The van der Waals surface area contributed by atoms with Crippen LogP contribution in [0, 0.1) is 0 Å². The summed E-state index contributed by atoms with van der Waals surface area (Å²) in [5.74, 6) is -0.426. The fourth-order valence-electron chi connectivity index (χ4n) is 1.43. The molecule has 1 aromatic heterocycles. The van der Waals surface area contributed by atoms with Gasteiger partial charge in [-0.3, -0.25) is 14.9 Å². The van der Waals surface area contributed by atoms with Crippen molar-refractivity contribution in [2.45, 2.75) is 0 Å². The second-order valence-corrected chi connectivity index (χ2v) is 4.28. The monoisotopic (exact) mass is 299 g/mol. The molecule has 0 fully saturated rings. The van der Waals surface area contributed by atoms with Crippen LogP contribution in [0.4, 0.5) is 0 Å². The van der Waals surface area contributed by atoms with E-state index >= 15 is 0 Å². The number of nitrogens with one attached hydrogen (secondary N) is 1. The van der Waals surface area contributed by atoms with Gasteiger partial charge in [-0.1, -0.05) is 23.2 Å². The molecule has 1 aromatic carbocycles. The van der Waals surface area contributed by atoms with E-state index in [9.17, 15) is 9.59 Å². The van der Waals surface area contributed by atoms with E-state index in [4.69, 9.17) is 27.9 Å². The predicted octanol–water partition coefficient (Wildman–Crippen LogP) is 1.59. The number of aromatic nitrogens is 2. The minimum atomic E-state index is -0.588. The van der Waals surface area contributed by atoms with Crippen molar-refractivity contribution < 1.29 is 14.3 Å². The number of imide groups is 1. The maximum absolute atomic E-state index is 11.1. The molecule has 2 amide bonds. The molecule has 2 aromatic rings. The minimum Gasteiger partial charge on any atom is -0.467 e. The summed E-state index contributed by atoms with van der Waals surface area (Å²) < 4.78 is 5.20. The van der Waals surface area contributed by atoms with Gasteiger partial charge >= 0.3 is 0 Å². The number of fused-ring (bicyclic) bond motifs is 1. The summed E-state index contributed by atoms with van der Waals surface area (Å²) in [6.07, 6.45) is 1.53. The van der Waals surface area contributed by atoms with Gasteiger partial charge in [-0.2, -0.15) is 0 Å². The molecule has 0 bridgehead atoms. The van der Waals surface area contributed by atoms with Crippen LogP contribution in [0.3, 0.4) is 0 Å². The Morgan fingerprint density at radius 1 is 1.37 bits per heavy atom. The van der Waals surface area contributed by atoms with Gasteiger partial charge in [-0.05, 0) is 12.1 Å². The number of amides is 2. The topological polar surface area (TPSA) is 81.2 Å². The lowest BCUT2D eigenvalue weighted by atomic mass is 10.2. The quantitative estimate of drug-likeness (QED) is 0.867. The Morgan fingerprint density at radius 3 is 2.89 bits per heavy atom. The molecule has 0 unspecified atom stereocenters. The number of ether oxygens (including phenoxy) is 1. The van der Waals surface area contributed by atoms with Crippen LogP contribution >= 0.6 is 23.2 Å². The maximum atomic E-state index is 11.1. The fraction of sp³-hybridized carbons (Fsp3) is 0.0909. The first-order valence-corrected chi connectivity index (χ1v) is 5.83. The van der Waals surface area contributed by atoms with Crippen LogP contribution < -0.4 is 10.1 Å². The first-order chi connectivity index (χ1) is 9.11. The standard InChI is InChI=1S/C11H7Cl2N3O3/c12-6-1-7-10(8(13)2-6)14-4-15-11(7)19-3-9(18)16-5-17/h1-2,4-5H,3H2,(H,16,17,18). The normalized spacial score (nSPS) is 10.2. The van der Waals surface area contributed by atoms with Crippen molar-refractivity contribution in [3.05, 3.63) is 28.5 Å². The van der Waals surface area contributed by atoms with Crippen molar-refractivity contribution in [1.29, 1.82) is 0 Å². The summed E-state index contributed by atoms with van der Waals surface area (Å²) in [5.41, 5.74) is 0.465. The zero-order chi connectivity index (χ0) is 13.8. The molecule has 0 spiro atoms. The van der Waals surface area contributed by atoms with E-state index in [1.807, 2.05) is 5.32 Å². The van der Waals surface area contributed by atoms with Gasteiger partial charge < -0.3 is 4.74 Å². The van der Waals surface area contributed by atoms with E-state index < -0.39 is 5.91 Å². The molecule has 0 atom stereocenters. The molecule has 0 saturated carbocycles. The smallest absolute Gasteiger partial charge is 0.264 e. The SMILES string of the molecule is O=CNC(=O)COc1ncnc2c(Cl)cc(Cl)cc12. The van der Waals surface area contributed by atoms with Crippen LogP contribution in [-0.2, 0) is 9.59 Å². The van der Waals surface area contributed by atoms with Crippen molar-refractivity contribution in [3.8, 4) is 5.88 Å². The second kappa shape index (κ2) is 5.81. The molecule has 0 saturated heterocycles. The molecule has 1 heterocycles. The lowest BCUT2D eigenvalue weighted by molar-refractivity contribution is -0.126. The third kappa shape index (κ3) is 3.10. The van der Waals surface area contributed by atoms with Crippen molar-refractivity contribution in [2.75, 3.05) is 6.61 Å². The summed E-state index contributed by atoms with van der Waals surface area (Å²) in [4.78, 5) is 29.1. The molecule has 0 aliphatic heterocycles. The Kier molecular flexibility index (Phi) is 4.13. The first kappa shape index (κ1) is 13.5. The van der Waals surface area contributed by atoms with E-state index in [0.717, 1.165) is 0 Å². The van der Waals surface area contributed by atoms with Gasteiger partial charge in [-0.15, -0.1) is 0 Å². The number of nitrogens with zero attached hydrogens (tertiary/aromatic N) is 2. The third-order valence-corrected chi connectivity index (χ3v) is 2.69. The van der Waals surface area contributed by atoms with Crippen LogP contribution in [0.25, 0.3) is 10.9 Å². The highest BCUT2D eigenvalue weighted by Crippen LogP contribution is 2.30. The van der Waals surface area contributed by atoms with Gasteiger partial charge in [0.05, 0.1) is 15.9 Å². The highest BCUT2D eigenvalue weighted by atomic mass is 35.5. The summed E-state index contributed by atoms with van der Waals surface area (Å²) in [6.45, 7) is -0.352. The van der Waals surface area contributed by atoms with Crippen molar-refractivity contribution in [2.24, 2.45) is 0 Å². The Labute approximate surface area is 117 Å². The molecular formula is C11H7Cl2N3O3. The van der Waals surface area contributed by atoms with Gasteiger partial charge in [0.25, 0.3) is 5.91 Å².